The summed E-state index contributed by atoms with van der Waals surface area (Å²) in [6.07, 6.45) is 0. The zero-order valence-electron chi connectivity index (χ0n) is 9.76. The molecular weight excluding hydrogens is 231 g/mol. The Morgan fingerprint density at radius 2 is 1.83 bits per heavy atom. The normalized spacial score (nSPS) is 11.0. The van der Waals surface area contributed by atoms with Gasteiger partial charge < -0.3 is 5.11 Å². The molecule has 0 bridgehead atoms. The summed E-state index contributed by atoms with van der Waals surface area (Å²) in [5, 5.41) is 14.4. The number of rotatable bonds is 1. The van der Waals surface area contributed by atoms with Gasteiger partial charge in [0, 0.05) is 18.0 Å². The number of aromatic hydroxyl groups is 1. The highest BCUT2D eigenvalue weighted by molar-refractivity contribution is 5.93. The maximum Gasteiger partial charge on any atom is 0.124 e. The Morgan fingerprint density at radius 1 is 1.11 bits per heavy atom. The number of nitrogens with zero attached hydrogens (tertiary/aromatic N) is 2. The van der Waals surface area contributed by atoms with E-state index in [1.54, 1.807) is 35.0 Å². The predicted molar refractivity (Wildman–Crippen MR) is 67.8 cm³/mol. The van der Waals surface area contributed by atoms with Gasteiger partial charge in [0.15, 0.2) is 0 Å². The number of aromatic nitrogens is 2. The van der Waals surface area contributed by atoms with Gasteiger partial charge in [-0.1, -0.05) is 0 Å². The monoisotopic (exact) mass is 242 g/mol. The van der Waals surface area contributed by atoms with E-state index >= 15 is 0 Å². The first-order valence-corrected chi connectivity index (χ1v) is 5.57. The topological polar surface area (TPSA) is 38.0 Å². The van der Waals surface area contributed by atoms with Crippen LogP contribution >= 0.6 is 0 Å². The maximum absolute atomic E-state index is 13.3. The zero-order valence-corrected chi connectivity index (χ0v) is 9.76. The Labute approximate surface area is 103 Å². The SMILES string of the molecule is Cn1nc(-c2ccc(O)cc2)c2cc(F)ccc21. The lowest BCUT2D eigenvalue weighted by atomic mass is 10.1. The highest BCUT2D eigenvalue weighted by Crippen LogP contribution is 2.29. The van der Waals surface area contributed by atoms with Crippen molar-refractivity contribution in [2.24, 2.45) is 7.05 Å². The second kappa shape index (κ2) is 3.84. The molecule has 1 N–H and O–H groups in total. The van der Waals surface area contributed by atoms with E-state index in [-0.39, 0.29) is 11.6 Å². The molecule has 90 valence electrons. The molecule has 2 aromatic carbocycles. The number of hydrogen-bond acceptors (Lipinski definition) is 2. The Bertz CT molecular complexity index is 716. The van der Waals surface area contributed by atoms with Crippen molar-refractivity contribution < 1.29 is 9.50 Å². The predicted octanol–water partition coefficient (Wildman–Crippen LogP) is 3.09. The van der Waals surface area contributed by atoms with Gasteiger partial charge in [-0.05, 0) is 42.5 Å². The van der Waals surface area contributed by atoms with Crippen molar-refractivity contribution in [3.05, 3.63) is 48.3 Å². The van der Waals surface area contributed by atoms with E-state index in [4.69, 9.17) is 0 Å². The molecule has 0 atom stereocenters. The van der Waals surface area contributed by atoms with Crippen molar-refractivity contribution in [1.82, 2.24) is 9.78 Å². The van der Waals surface area contributed by atoms with Gasteiger partial charge in [-0.2, -0.15) is 5.10 Å². The highest BCUT2D eigenvalue weighted by atomic mass is 19.1. The molecule has 0 aliphatic rings. The molecule has 0 aliphatic carbocycles. The first-order chi connectivity index (χ1) is 8.65. The summed E-state index contributed by atoms with van der Waals surface area (Å²) in [6.45, 7) is 0. The third-order valence-corrected chi connectivity index (χ3v) is 2.95. The molecule has 4 heteroatoms. The smallest absolute Gasteiger partial charge is 0.124 e. The standard InChI is InChI=1S/C14H11FN2O/c1-17-13-7-4-10(15)8-12(13)14(16-17)9-2-5-11(18)6-3-9/h2-8,18H,1H3. The van der Waals surface area contributed by atoms with Crippen molar-refractivity contribution in [3.63, 3.8) is 0 Å². The summed E-state index contributed by atoms with van der Waals surface area (Å²) in [5.74, 6) is -0.0827. The van der Waals surface area contributed by atoms with Crippen LogP contribution in [0, 0.1) is 5.82 Å². The molecule has 3 aromatic rings. The quantitative estimate of drug-likeness (QED) is 0.712. The van der Waals surface area contributed by atoms with E-state index < -0.39 is 0 Å². The average Bonchev–Trinajstić information content (AvgIpc) is 2.67. The van der Waals surface area contributed by atoms with Crippen LogP contribution < -0.4 is 0 Å². The van der Waals surface area contributed by atoms with Crippen molar-refractivity contribution in [1.29, 1.82) is 0 Å². The Kier molecular flexibility index (Phi) is 2.30. The molecular formula is C14H11FN2O. The lowest BCUT2D eigenvalue weighted by Gasteiger charge is -1.98. The highest BCUT2D eigenvalue weighted by Gasteiger charge is 2.11. The summed E-state index contributed by atoms with van der Waals surface area (Å²) in [6, 6.07) is 11.3. The Hall–Kier alpha value is -2.36. The van der Waals surface area contributed by atoms with E-state index in [0.717, 1.165) is 16.5 Å². The van der Waals surface area contributed by atoms with Crippen molar-refractivity contribution >= 4 is 10.9 Å². The summed E-state index contributed by atoms with van der Waals surface area (Å²) < 4.78 is 15.0. The summed E-state index contributed by atoms with van der Waals surface area (Å²) in [4.78, 5) is 0. The van der Waals surface area contributed by atoms with Crippen LogP contribution in [0.1, 0.15) is 0 Å². The summed E-state index contributed by atoms with van der Waals surface area (Å²) in [7, 11) is 1.82. The van der Waals surface area contributed by atoms with Gasteiger partial charge in [0.1, 0.15) is 17.3 Å². The molecule has 3 rings (SSSR count). The molecule has 0 spiro atoms. The van der Waals surface area contributed by atoms with Crippen LogP contribution in [0.2, 0.25) is 0 Å². The van der Waals surface area contributed by atoms with Crippen LogP contribution in [0.25, 0.3) is 22.2 Å². The largest absolute Gasteiger partial charge is 0.508 e. The van der Waals surface area contributed by atoms with Crippen LogP contribution in [0.15, 0.2) is 42.5 Å². The number of benzene rings is 2. The molecule has 0 amide bonds. The van der Waals surface area contributed by atoms with Gasteiger partial charge in [-0.3, -0.25) is 4.68 Å². The first-order valence-electron chi connectivity index (χ1n) is 5.57. The molecule has 0 radical (unpaired) electrons. The summed E-state index contributed by atoms with van der Waals surface area (Å²) in [5.41, 5.74) is 2.44. The molecule has 1 aromatic heterocycles. The number of halogens is 1. The van der Waals surface area contributed by atoms with Crippen LogP contribution in [-0.2, 0) is 7.05 Å². The third-order valence-electron chi connectivity index (χ3n) is 2.95. The third kappa shape index (κ3) is 1.62. The van der Waals surface area contributed by atoms with Gasteiger partial charge in [-0.15, -0.1) is 0 Å². The minimum atomic E-state index is -0.282. The van der Waals surface area contributed by atoms with Crippen molar-refractivity contribution in [3.8, 4) is 17.0 Å². The Morgan fingerprint density at radius 3 is 2.56 bits per heavy atom. The van der Waals surface area contributed by atoms with Crippen LogP contribution in [0.3, 0.4) is 0 Å². The van der Waals surface area contributed by atoms with Crippen LogP contribution in [0.4, 0.5) is 4.39 Å². The Balaban J connectivity index is 2.28. The molecule has 3 nitrogen and oxygen atoms in total. The molecule has 0 fully saturated rings. The fourth-order valence-electron chi connectivity index (χ4n) is 2.07. The van der Waals surface area contributed by atoms with Gasteiger partial charge >= 0.3 is 0 Å². The molecule has 0 unspecified atom stereocenters. The second-order valence-corrected chi connectivity index (χ2v) is 4.18. The van der Waals surface area contributed by atoms with Gasteiger partial charge in [0.2, 0.25) is 0 Å². The number of fused-ring (bicyclic) bond motifs is 1. The number of phenols is 1. The summed E-state index contributed by atoms with van der Waals surface area (Å²) >= 11 is 0. The number of hydrogen-bond donors (Lipinski definition) is 1. The molecule has 1 heterocycles. The van der Waals surface area contributed by atoms with E-state index in [9.17, 15) is 9.50 Å². The number of aryl methyl sites for hydroxylation is 1. The van der Waals surface area contributed by atoms with Crippen molar-refractivity contribution in [2.75, 3.05) is 0 Å². The van der Waals surface area contributed by atoms with Crippen LogP contribution in [0.5, 0.6) is 5.75 Å². The maximum atomic E-state index is 13.3. The lowest BCUT2D eigenvalue weighted by molar-refractivity contribution is 0.475. The van der Waals surface area contributed by atoms with Crippen LogP contribution in [-0.4, -0.2) is 14.9 Å². The zero-order chi connectivity index (χ0) is 12.7. The fourth-order valence-corrected chi connectivity index (χ4v) is 2.07. The lowest BCUT2D eigenvalue weighted by Crippen LogP contribution is -1.89. The minimum absolute atomic E-state index is 0.199. The van der Waals surface area contributed by atoms with E-state index in [2.05, 4.69) is 5.10 Å². The average molecular weight is 242 g/mol. The minimum Gasteiger partial charge on any atom is -0.508 e. The second-order valence-electron chi connectivity index (χ2n) is 4.18. The van der Waals surface area contributed by atoms with Gasteiger partial charge in [0.05, 0.1) is 5.52 Å². The number of phenolic OH excluding ortho intramolecular Hbond substituents is 1. The first kappa shape index (κ1) is 10.8. The van der Waals surface area contributed by atoms with Gasteiger partial charge in [-0.25, -0.2) is 4.39 Å². The van der Waals surface area contributed by atoms with E-state index in [0.29, 0.717) is 5.69 Å². The molecule has 18 heavy (non-hydrogen) atoms. The van der Waals surface area contributed by atoms with Gasteiger partial charge in [0.25, 0.3) is 0 Å². The van der Waals surface area contributed by atoms with Crippen molar-refractivity contribution in [2.45, 2.75) is 0 Å². The molecule has 0 saturated heterocycles. The molecule has 0 aliphatic heterocycles. The molecule has 0 saturated carbocycles. The fraction of sp³-hybridized carbons (Fsp3) is 0.0714. The van der Waals surface area contributed by atoms with E-state index in [1.165, 1.54) is 12.1 Å². The van der Waals surface area contributed by atoms with E-state index in [1.807, 2.05) is 7.05 Å².